The van der Waals surface area contributed by atoms with Crippen molar-refractivity contribution in [3.8, 4) is 22.8 Å². The van der Waals surface area contributed by atoms with Gasteiger partial charge in [0.15, 0.2) is 0 Å². The summed E-state index contributed by atoms with van der Waals surface area (Å²) in [6.45, 7) is 25.8. The van der Waals surface area contributed by atoms with Crippen molar-refractivity contribution < 1.29 is 9.47 Å². The smallest absolute Gasteiger partial charge is 0.125 e. The number of hydrogen-bond donors (Lipinski definition) is 1. The van der Waals surface area contributed by atoms with Crippen LogP contribution in [0.2, 0.25) is 0 Å². The van der Waals surface area contributed by atoms with Gasteiger partial charge in [-0.1, -0.05) is 13.8 Å². The lowest BCUT2D eigenvalue weighted by Crippen LogP contribution is -2.64. The molecule has 1 N–H and O–H groups in total. The van der Waals surface area contributed by atoms with Crippen molar-refractivity contribution in [1.29, 1.82) is 0 Å². The fourth-order valence-electron chi connectivity index (χ4n) is 5.31. The first-order valence-corrected chi connectivity index (χ1v) is 15.1. The van der Waals surface area contributed by atoms with Gasteiger partial charge in [0.1, 0.15) is 22.7 Å². The topological polar surface area (TPSA) is 77.3 Å². The molecule has 0 saturated carbocycles. The predicted molar refractivity (Wildman–Crippen MR) is 178 cm³/mol. The summed E-state index contributed by atoms with van der Waals surface area (Å²) in [6, 6.07) is 12.8. The Morgan fingerprint density at radius 1 is 0.767 bits per heavy atom. The van der Waals surface area contributed by atoms with Crippen LogP contribution in [0.5, 0.6) is 11.5 Å². The maximum Gasteiger partial charge on any atom is 0.125 e. The van der Waals surface area contributed by atoms with Gasteiger partial charge in [-0.3, -0.25) is 9.67 Å². The average molecular weight is 587 g/mol. The Balaban J connectivity index is 1.96. The highest BCUT2D eigenvalue weighted by atomic mass is 16.5. The fourth-order valence-corrected chi connectivity index (χ4v) is 5.31. The molecule has 0 bridgehead atoms. The van der Waals surface area contributed by atoms with Crippen LogP contribution >= 0.6 is 0 Å². The van der Waals surface area contributed by atoms with Crippen molar-refractivity contribution in [2.75, 3.05) is 4.90 Å². The van der Waals surface area contributed by atoms with E-state index in [-0.39, 0.29) is 22.8 Å². The third-order valence-corrected chi connectivity index (χ3v) is 7.49. The SMILES string of the molecule is CC(C)NC(C)(C)C(C)(C)N(c1cc(OC(C)(C)C)cc(OC(C)(C)C)c1)c1ccc2ncc(-c3cnn(C)c3)nc2c1. The van der Waals surface area contributed by atoms with E-state index in [0.29, 0.717) is 0 Å². The number of nitrogens with one attached hydrogen (secondary N) is 1. The summed E-state index contributed by atoms with van der Waals surface area (Å²) < 4.78 is 14.6. The van der Waals surface area contributed by atoms with Crippen LogP contribution in [0.1, 0.15) is 83.1 Å². The van der Waals surface area contributed by atoms with Crippen LogP contribution in [-0.4, -0.2) is 48.1 Å². The van der Waals surface area contributed by atoms with Gasteiger partial charge in [0.25, 0.3) is 0 Å². The number of benzene rings is 2. The number of aromatic nitrogens is 4. The lowest BCUT2D eigenvalue weighted by molar-refractivity contribution is 0.121. The van der Waals surface area contributed by atoms with Crippen LogP contribution in [0.4, 0.5) is 11.4 Å². The van der Waals surface area contributed by atoms with Gasteiger partial charge in [0.05, 0.1) is 34.7 Å². The normalized spacial score (nSPS) is 13.1. The maximum atomic E-state index is 6.43. The number of hydrogen-bond acceptors (Lipinski definition) is 7. The molecule has 8 nitrogen and oxygen atoms in total. The lowest BCUT2D eigenvalue weighted by atomic mass is 9.79. The molecule has 2 aromatic carbocycles. The molecule has 0 aliphatic heterocycles. The molecule has 2 heterocycles. The number of ether oxygens (including phenoxy) is 2. The minimum atomic E-state index is -0.432. The Hall–Kier alpha value is -3.65. The summed E-state index contributed by atoms with van der Waals surface area (Å²) >= 11 is 0. The molecular weight excluding hydrogens is 536 g/mol. The number of nitrogens with zero attached hydrogens (tertiary/aromatic N) is 5. The van der Waals surface area contributed by atoms with Gasteiger partial charge in [-0.05, 0) is 87.4 Å². The molecule has 0 spiro atoms. The van der Waals surface area contributed by atoms with Crippen molar-refractivity contribution in [2.24, 2.45) is 7.05 Å². The van der Waals surface area contributed by atoms with Gasteiger partial charge in [0, 0.05) is 60.0 Å². The first-order valence-electron chi connectivity index (χ1n) is 15.1. The van der Waals surface area contributed by atoms with Gasteiger partial charge in [0.2, 0.25) is 0 Å². The Labute approximate surface area is 257 Å². The predicted octanol–water partition coefficient (Wildman–Crippen LogP) is 8.08. The van der Waals surface area contributed by atoms with E-state index in [0.717, 1.165) is 45.2 Å². The van der Waals surface area contributed by atoms with Crippen molar-refractivity contribution in [3.05, 3.63) is 55.0 Å². The van der Waals surface area contributed by atoms with Gasteiger partial charge in [-0.2, -0.15) is 5.10 Å². The van der Waals surface area contributed by atoms with Crippen LogP contribution in [0.15, 0.2) is 55.0 Å². The molecule has 0 aliphatic carbocycles. The third kappa shape index (κ3) is 7.66. The highest BCUT2D eigenvalue weighted by Gasteiger charge is 2.43. The third-order valence-electron chi connectivity index (χ3n) is 7.49. The summed E-state index contributed by atoms with van der Waals surface area (Å²) in [6.07, 6.45) is 5.57. The second kappa shape index (κ2) is 11.5. The van der Waals surface area contributed by atoms with Crippen LogP contribution < -0.4 is 19.7 Å². The standard InChI is InChI=1S/C35H50N6O2/c1-23(2)39-34(9,10)35(11,12)41(26-16-27(42-32(3,4)5)19-28(17-26)43-33(6,7)8)25-14-15-29-30(18-25)38-31(21-36-29)24-20-37-40(13)22-24/h14-23,39H,1-13H3. The lowest BCUT2D eigenvalue weighted by Gasteiger charge is -2.51. The molecule has 0 aliphatic rings. The molecule has 0 amide bonds. The van der Waals surface area contributed by atoms with Crippen molar-refractivity contribution in [3.63, 3.8) is 0 Å². The first-order chi connectivity index (χ1) is 19.7. The monoisotopic (exact) mass is 586 g/mol. The van der Waals surface area contributed by atoms with E-state index < -0.39 is 5.54 Å². The summed E-state index contributed by atoms with van der Waals surface area (Å²) in [5.41, 5.74) is 3.80. The van der Waals surface area contributed by atoms with Crippen LogP contribution in [-0.2, 0) is 7.05 Å². The second-order valence-electron chi connectivity index (χ2n) is 14.7. The molecule has 0 unspecified atom stereocenters. The Morgan fingerprint density at radius 3 is 1.88 bits per heavy atom. The molecule has 2 aromatic heterocycles. The first kappa shape index (κ1) is 32.3. The highest BCUT2D eigenvalue weighted by Crippen LogP contribution is 2.43. The summed E-state index contributed by atoms with van der Waals surface area (Å²) in [7, 11) is 1.90. The minimum Gasteiger partial charge on any atom is -0.488 e. The van der Waals surface area contributed by atoms with Gasteiger partial charge in [-0.15, -0.1) is 0 Å². The largest absolute Gasteiger partial charge is 0.488 e. The molecule has 0 fully saturated rings. The number of rotatable bonds is 9. The molecular formula is C35H50N6O2. The Bertz CT molecular complexity index is 1540. The average Bonchev–Trinajstić information content (AvgIpc) is 3.26. The summed E-state index contributed by atoms with van der Waals surface area (Å²) in [5.74, 6) is 1.50. The van der Waals surface area contributed by atoms with Gasteiger partial charge < -0.3 is 19.7 Å². The summed E-state index contributed by atoms with van der Waals surface area (Å²) in [4.78, 5) is 12.1. The molecule has 4 rings (SSSR count). The van der Waals surface area contributed by atoms with E-state index >= 15 is 0 Å². The zero-order valence-electron chi connectivity index (χ0n) is 28.3. The molecule has 8 heteroatoms. The van der Waals surface area contributed by atoms with E-state index in [1.807, 2.05) is 31.6 Å². The van der Waals surface area contributed by atoms with E-state index in [1.165, 1.54) is 0 Å². The number of aryl methyl sites for hydroxylation is 1. The van der Waals surface area contributed by atoms with Crippen LogP contribution in [0.3, 0.4) is 0 Å². The van der Waals surface area contributed by atoms with Crippen LogP contribution in [0, 0.1) is 0 Å². The fraction of sp³-hybridized carbons (Fsp3) is 0.514. The zero-order chi connectivity index (χ0) is 32.0. The summed E-state index contributed by atoms with van der Waals surface area (Å²) in [5, 5.41) is 8.13. The minimum absolute atomic E-state index is 0.288. The molecule has 0 atom stereocenters. The van der Waals surface area contributed by atoms with Gasteiger partial charge >= 0.3 is 0 Å². The van der Waals surface area contributed by atoms with Crippen LogP contribution in [0.25, 0.3) is 22.3 Å². The second-order valence-corrected chi connectivity index (χ2v) is 14.7. The number of anilines is 2. The van der Waals surface area contributed by atoms with Crippen molar-refractivity contribution in [2.45, 2.75) is 111 Å². The van der Waals surface area contributed by atoms with Crippen molar-refractivity contribution in [1.82, 2.24) is 25.1 Å². The van der Waals surface area contributed by atoms with E-state index in [4.69, 9.17) is 19.4 Å². The molecule has 4 aromatic rings. The highest BCUT2D eigenvalue weighted by molar-refractivity contribution is 5.83. The molecule has 0 radical (unpaired) electrons. The van der Waals surface area contributed by atoms with E-state index in [9.17, 15) is 0 Å². The Morgan fingerprint density at radius 2 is 1.37 bits per heavy atom. The van der Waals surface area contributed by atoms with E-state index in [1.54, 1.807) is 10.9 Å². The van der Waals surface area contributed by atoms with E-state index in [2.05, 4.69) is 123 Å². The maximum absolute atomic E-state index is 6.43. The number of fused-ring (bicyclic) bond motifs is 1. The zero-order valence-corrected chi connectivity index (χ0v) is 28.3. The molecule has 0 saturated heterocycles. The molecule has 232 valence electrons. The molecule has 43 heavy (non-hydrogen) atoms. The quantitative estimate of drug-likeness (QED) is 0.212. The van der Waals surface area contributed by atoms with Gasteiger partial charge in [-0.25, -0.2) is 4.98 Å². The van der Waals surface area contributed by atoms with Crippen molar-refractivity contribution >= 4 is 22.4 Å². The Kier molecular flexibility index (Phi) is 8.59.